The van der Waals surface area contributed by atoms with Crippen LogP contribution >= 0.6 is 11.3 Å². The van der Waals surface area contributed by atoms with Crippen LogP contribution in [0.25, 0.3) is 11.3 Å². The van der Waals surface area contributed by atoms with Crippen molar-refractivity contribution in [1.29, 1.82) is 0 Å². The lowest BCUT2D eigenvalue weighted by Gasteiger charge is -2.04. The number of rotatable bonds is 7. The van der Waals surface area contributed by atoms with Gasteiger partial charge < -0.3 is 15.4 Å². The van der Waals surface area contributed by atoms with Crippen LogP contribution in [0.3, 0.4) is 0 Å². The van der Waals surface area contributed by atoms with Gasteiger partial charge >= 0.3 is 0 Å². The molecule has 128 valence electrons. The molecule has 0 unspecified atom stereocenters. The van der Waals surface area contributed by atoms with Crippen molar-refractivity contribution in [3.8, 4) is 17.0 Å². The van der Waals surface area contributed by atoms with E-state index in [1.807, 2.05) is 38.1 Å². The van der Waals surface area contributed by atoms with Crippen molar-refractivity contribution in [3.63, 3.8) is 0 Å². The summed E-state index contributed by atoms with van der Waals surface area (Å²) in [7, 11) is 0. The van der Waals surface area contributed by atoms with E-state index in [0.29, 0.717) is 18.3 Å². The van der Waals surface area contributed by atoms with Crippen LogP contribution in [0.2, 0.25) is 0 Å². The summed E-state index contributed by atoms with van der Waals surface area (Å²) in [5.74, 6) is 0.502. The van der Waals surface area contributed by atoms with Crippen LogP contribution in [0.4, 0.5) is 5.13 Å². The van der Waals surface area contributed by atoms with Gasteiger partial charge in [-0.05, 0) is 38.1 Å². The second-order valence-electron chi connectivity index (χ2n) is 5.16. The number of thiazole rings is 1. The van der Waals surface area contributed by atoms with E-state index < -0.39 is 0 Å². The number of amides is 2. The Labute approximate surface area is 145 Å². The summed E-state index contributed by atoms with van der Waals surface area (Å²) in [4.78, 5) is 28.2. The number of nitrogens with zero attached hydrogens (tertiary/aromatic N) is 1. The average molecular weight is 347 g/mol. The smallest absolute Gasteiger partial charge is 0.227 e. The standard InChI is InChI=1S/C17H21N3O3S/c1-4-23-14-7-5-13(6-8-14)16-11(2)24-17(20-16)19-15(22)9-10-18-12(3)21/h5-8H,4,9-10H2,1-3H3,(H,18,21)(H,19,20,22). The minimum atomic E-state index is -0.171. The molecular weight excluding hydrogens is 326 g/mol. The molecule has 0 saturated carbocycles. The largest absolute Gasteiger partial charge is 0.494 e. The summed E-state index contributed by atoms with van der Waals surface area (Å²) in [6.07, 6.45) is 0.219. The van der Waals surface area contributed by atoms with E-state index in [-0.39, 0.29) is 18.2 Å². The third-order valence-electron chi connectivity index (χ3n) is 3.21. The van der Waals surface area contributed by atoms with Gasteiger partial charge in [0.25, 0.3) is 0 Å². The molecule has 0 aliphatic rings. The number of aryl methyl sites for hydroxylation is 1. The van der Waals surface area contributed by atoms with Crippen molar-refractivity contribution in [2.24, 2.45) is 0 Å². The highest BCUT2D eigenvalue weighted by Crippen LogP contribution is 2.31. The van der Waals surface area contributed by atoms with Crippen molar-refractivity contribution in [3.05, 3.63) is 29.1 Å². The number of benzene rings is 1. The van der Waals surface area contributed by atoms with E-state index >= 15 is 0 Å². The van der Waals surface area contributed by atoms with E-state index in [0.717, 1.165) is 21.9 Å². The molecule has 6 nitrogen and oxygen atoms in total. The maximum absolute atomic E-state index is 11.9. The minimum Gasteiger partial charge on any atom is -0.494 e. The first kappa shape index (κ1) is 17.9. The molecule has 0 bridgehead atoms. The summed E-state index contributed by atoms with van der Waals surface area (Å²) in [6.45, 7) is 6.28. The van der Waals surface area contributed by atoms with Crippen molar-refractivity contribution >= 4 is 28.3 Å². The Morgan fingerprint density at radius 2 is 1.96 bits per heavy atom. The number of ether oxygens (including phenoxy) is 1. The van der Waals surface area contributed by atoms with E-state index in [1.165, 1.54) is 18.3 Å². The molecule has 0 aliphatic carbocycles. The zero-order chi connectivity index (χ0) is 17.5. The Kier molecular flexibility index (Phi) is 6.31. The lowest BCUT2D eigenvalue weighted by atomic mass is 10.1. The maximum atomic E-state index is 11.9. The molecule has 2 N–H and O–H groups in total. The zero-order valence-electron chi connectivity index (χ0n) is 14.0. The first-order valence-electron chi connectivity index (χ1n) is 7.74. The fraction of sp³-hybridized carbons (Fsp3) is 0.353. The van der Waals surface area contributed by atoms with Crippen LogP contribution in [0, 0.1) is 6.92 Å². The number of carbonyl (C=O) groups excluding carboxylic acids is 2. The van der Waals surface area contributed by atoms with Crippen molar-refractivity contribution in [2.75, 3.05) is 18.5 Å². The van der Waals surface area contributed by atoms with Gasteiger partial charge in [0.15, 0.2) is 5.13 Å². The Hall–Kier alpha value is -2.41. The van der Waals surface area contributed by atoms with E-state index in [1.54, 1.807) is 0 Å². The van der Waals surface area contributed by atoms with Gasteiger partial charge in [-0.25, -0.2) is 4.98 Å². The number of hydrogen-bond donors (Lipinski definition) is 2. The molecule has 1 heterocycles. The number of aromatic nitrogens is 1. The van der Waals surface area contributed by atoms with E-state index in [2.05, 4.69) is 15.6 Å². The first-order chi connectivity index (χ1) is 11.5. The quantitative estimate of drug-likeness (QED) is 0.807. The molecule has 0 atom stereocenters. The van der Waals surface area contributed by atoms with Crippen LogP contribution in [0.5, 0.6) is 5.75 Å². The molecule has 0 spiro atoms. The molecule has 0 saturated heterocycles. The molecule has 0 radical (unpaired) electrons. The number of anilines is 1. The van der Waals surface area contributed by atoms with Crippen molar-refractivity contribution in [1.82, 2.24) is 10.3 Å². The first-order valence-corrected chi connectivity index (χ1v) is 8.56. The summed E-state index contributed by atoms with van der Waals surface area (Å²) in [5, 5.41) is 5.92. The van der Waals surface area contributed by atoms with Gasteiger partial charge in [0, 0.05) is 30.3 Å². The number of hydrogen-bond acceptors (Lipinski definition) is 5. The molecule has 1 aromatic heterocycles. The molecule has 0 fully saturated rings. The topological polar surface area (TPSA) is 80.3 Å². The minimum absolute atomic E-state index is 0.148. The zero-order valence-corrected chi connectivity index (χ0v) is 14.8. The second kappa shape index (κ2) is 8.44. The van der Waals surface area contributed by atoms with Gasteiger partial charge in [-0.3, -0.25) is 9.59 Å². The van der Waals surface area contributed by atoms with Crippen LogP contribution in [-0.2, 0) is 9.59 Å². The molecule has 7 heteroatoms. The Morgan fingerprint density at radius 3 is 2.58 bits per heavy atom. The third kappa shape index (κ3) is 5.06. The highest BCUT2D eigenvalue weighted by molar-refractivity contribution is 7.16. The Bertz CT molecular complexity index is 710. The van der Waals surface area contributed by atoms with Gasteiger partial charge in [-0.1, -0.05) is 0 Å². The SMILES string of the molecule is CCOc1ccc(-c2nc(NC(=O)CCNC(C)=O)sc2C)cc1. The highest BCUT2D eigenvalue weighted by atomic mass is 32.1. The summed E-state index contributed by atoms with van der Waals surface area (Å²) >= 11 is 1.43. The van der Waals surface area contributed by atoms with Gasteiger partial charge in [0.05, 0.1) is 12.3 Å². The Morgan fingerprint density at radius 1 is 1.25 bits per heavy atom. The van der Waals surface area contributed by atoms with Gasteiger partial charge in [-0.15, -0.1) is 11.3 Å². The fourth-order valence-electron chi connectivity index (χ4n) is 2.13. The Balaban J connectivity index is 2.01. The normalized spacial score (nSPS) is 10.3. The third-order valence-corrected chi connectivity index (χ3v) is 4.09. The second-order valence-corrected chi connectivity index (χ2v) is 6.37. The lowest BCUT2D eigenvalue weighted by Crippen LogP contribution is -2.25. The molecule has 24 heavy (non-hydrogen) atoms. The predicted molar refractivity (Wildman–Crippen MR) is 95.4 cm³/mol. The predicted octanol–water partition coefficient (Wildman–Crippen LogP) is 2.98. The average Bonchev–Trinajstić information content (AvgIpc) is 2.88. The van der Waals surface area contributed by atoms with Crippen LogP contribution in [0.1, 0.15) is 25.1 Å². The van der Waals surface area contributed by atoms with E-state index in [9.17, 15) is 9.59 Å². The van der Waals surface area contributed by atoms with Crippen LogP contribution < -0.4 is 15.4 Å². The fourth-order valence-corrected chi connectivity index (χ4v) is 2.98. The van der Waals surface area contributed by atoms with E-state index in [4.69, 9.17) is 4.74 Å². The molecule has 1 aromatic carbocycles. The highest BCUT2D eigenvalue weighted by Gasteiger charge is 2.12. The monoisotopic (exact) mass is 347 g/mol. The summed E-state index contributed by atoms with van der Waals surface area (Å²) in [5.41, 5.74) is 1.83. The lowest BCUT2D eigenvalue weighted by molar-refractivity contribution is -0.119. The number of carbonyl (C=O) groups is 2. The van der Waals surface area contributed by atoms with Crippen LogP contribution in [0.15, 0.2) is 24.3 Å². The molecule has 2 amide bonds. The van der Waals surface area contributed by atoms with Gasteiger partial charge in [0.1, 0.15) is 5.75 Å². The molecule has 0 aliphatic heterocycles. The molecule has 2 rings (SSSR count). The summed E-state index contributed by atoms with van der Waals surface area (Å²) < 4.78 is 5.43. The summed E-state index contributed by atoms with van der Waals surface area (Å²) in [6, 6.07) is 7.72. The van der Waals surface area contributed by atoms with Crippen LogP contribution in [-0.4, -0.2) is 29.9 Å². The molecular formula is C17H21N3O3S. The molecule has 2 aromatic rings. The van der Waals surface area contributed by atoms with Crippen molar-refractivity contribution in [2.45, 2.75) is 27.2 Å². The maximum Gasteiger partial charge on any atom is 0.227 e. The number of nitrogens with one attached hydrogen (secondary N) is 2. The van der Waals surface area contributed by atoms with Crippen molar-refractivity contribution < 1.29 is 14.3 Å². The van der Waals surface area contributed by atoms with Gasteiger partial charge in [-0.2, -0.15) is 0 Å². The van der Waals surface area contributed by atoms with Gasteiger partial charge in [0.2, 0.25) is 11.8 Å².